The van der Waals surface area contributed by atoms with Crippen LogP contribution >= 0.6 is 0 Å². The van der Waals surface area contributed by atoms with Crippen molar-refractivity contribution in [2.45, 2.75) is 0 Å². The van der Waals surface area contributed by atoms with Crippen molar-refractivity contribution in [2.75, 3.05) is 0 Å². The zero-order valence-corrected chi connectivity index (χ0v) is 18.8. The summed E-state index contributed by atoms with van der Waals surface area (Å²) in [6.07, 6.45) is 3.31. The Balaban J connectivity index is 1.35. The largest absolute Gasteiger partial charge is 0.454 e. The molecule has 0 saturated heterocycles. The van der Waals surface area contributed by atoms with Crippen molar-refractivity contribution in [3.05, 3.63) is 113 Å². The van der Waals surface area contributed by atoms with Crippen LogP contribution in [-0.4, -0.2) is 32.1 Å². The van der Waals surface area contributed by atoms with Gasteiger partial charge in [-0.05, 0) is 30.3 Å². The molecule has 3 aromatic carbocycles. The molecule has 0 bridgehead atoms. The number of carbonyl (C=O) groups excluding carboxylic acids is 1. The molecule has 2 N–H and O–H groups in total. The molecule has 36 heavy (non-hydrogen) atoms. The number of carbonyl (C=O) groups is 1. The fraction of sp³-hybridized carbons (Fsp3) is 0. The summed E-state index contributed by atoms with van der Waals surface area (Å²) in [7, 11) is 0. The minimum atomic E-state index is -0.556. The monoisotopic (exact) mass is 474 g/mol. The number of rotatable bonds is 5. The van der Waals surface area contributed by atoms with Gasteiger partial charge in [0.1, 0.15) is 11.3 Å². The molecule has 3 aromatic heterocycles. The van der Waals surface area contributed by atoms with Gasteiger partial charge >= 0.3 is 0 Å². The number of para-hydroxylation sites is 2. The third-order valence-electron chi connectivity index (χ3n) is 5.70. The number of furan rings is 1. The number of benzene rings is 3. The molecule has 0 saturated carbocycles. The molecular formula is C27H18N6O3. The summed E-state index contributed by atoms with van der Waals surface area (Å²) in [5.74, 6) is 0.0198. The van der Waals surface area contributed by atoms with Crippen LogP contribution in [0.15, 0.2) is 105 Å². The highest BCUT2D eigenvalue weighted by molar-refractivity contribution is 6.05. The van der Waals surface area contributed by atoms with Crippen LogP contribution < -0.4 is 11.0 Å². The number of hydrazone groups is 1. The van der Waals surface area contributed by atoms with E-state index in [4.69, 9.17) is 9.52 Å². The van der Waals surface area contributed by atoms with Crippen LogP contribution in [0.5, 0.6) is 0 Å². The van der Waals surface area contributed by atoms with Crippen molar-refractivity contribution in [1.82, 2.24) is 25.4 Å². The molecule has 9 heteroatoms. The van der Waals surface area contributed by atoms with Crippen LogP contribution in [0.1, 0.15) is 16.1 Å². The van der Waals surface area contributed by atoms with Gasteiger partial charge in [0.15, 0.2) is 11.5 Å². The third kappa shape index (κ3) is 3.84. The van der Waals surface area contributed by atoms with Crippen LogP contribution in [0.2, 0.25) is 0 Å². The van der Waals surface area contributed by atoms with Crippen molar-refractivity contribution < 1.29 is 9.21 Å². The minimum absolute atomic E-state index is 0.0693. The molecule has 0 fully saturated rings. The van der Waals surface area contributed by atoms with Crippen LogP contribution in [0, 0.1) is 0 Å². The Morgan fingerprint density at radius 3 is 2.56 bits per heavy atom. The lowest BCUT2D eigenvalue weighted by Gasteiger charge is -2.03. The van der Waals surface area contributed by atoms with Crippen LogP contribution in [0.25, 0.3) is 38.9 Å². The molecule has 1 amide bonds. The number of H-pyrrole nitrogens is 1. The van der Waals surface area contributed by atoms with Crippen molar-refractivity contribution in [2.24, 2.45) is 5.10 Å². The van der Waals surface area contributed by atoms with Gasteiger partial charge in [0.05, 0.1) is 17.3 Å². The quantitative estimate of drug-likeness (QED) is 0.286. The van der Waals surface area contributed by atoms with Gasteiger partial charge in [-0.15, -0.1) is 0 Å². The molecule has 0 spiro atoms. The van der Waals surface area contributed by atoms with Crippen molar-refractivity contribution in [1.29, 1.82) is 0 Å². The van der Waals surface area contributed by atoms with Crippen LogP contribution in [0.4, 0.5) is 0 Å². The molecule has 3 heterocycles. The molecule has 0 aliphatic rings. The molecule has 6 aromatic rings. The number of fused-ring (bicyclic) bond motifs is 2. The fourth-order valence-corrected chi connectivity index (χ4v) is 3.99. The average Bonchev–Trinajstić information content (AvgIpc) is 3.54. The van der Waals surface area contributed by atoms with Gasteiger partial charge in [0.2, 0.25) is 0 Å². The predicted molar refractivity (Wildman–Crippen MR) is 136 cm³/mol. The van der Waals surface area contributed by atoms with E-state index in [0.29, 0.717) is 27.8 Å². The molecule has 0 unspecified atom stereocenters. The van der Waals surface area contributed by atoms with E-state index < -0.39 is 5.91 Å². The normalized spacial score (nSPS) is 11.4. The maximum atomic E-state index is 12.8. The molecule has 0 aliphatic carbocycles. The lowest BCUT2D eigenvalue weighted by atomic mass is 10.1. The average molecular weight is 474 g/mol. The second-order valence-electron chi connectivity index (χ2n) is 8.01. The zero-order chi connectivity index (χ0) is 24.5. The summed E-state index contributed by atoms with van der Waals surface area (Å²) in [5.41, 5.74) is 5.01. The summed E-state index contributed by atoms with van der Waals surface area (Å²) in [6.45, 7) is 0. The zero-order valence-electron chi connectivity index (χ0n) is 18.8. The highest BCUT2D eigenvalue weighted by atomic mass is 16.3. The van der Waals surface area contributed by atoms with Gasteiger partial charge in [-0.1, -0.05) is 54.6 Å². The number of nitrogens with zero attached hydrogens (tertiary/aromatic N) is 4. The highest BCUT2D eigenvalue weighted by Gasteiger charge is 2.17. The fourth-order valence-electron chi connectivity index (χ4n) is 3.99. The lowest BCUT2D eigenvalue weighted by molar-refractivity contribution is 0.0951. The summed E-state index contributed by atoms with van der Waals surface area (Å²) in [5, 5.41) is 16.9. The van der Waals surface area contributed by atoms with Crippen molar-refractivity contribution in [3.63, 3.8) is 0 Å². The molecule has 0 aliphatic heterocycles. The minimum Gasteiger partial charge on any atom is -0.454 e. The number of amides is 1. The Bertz CT molecular complexity index is 1780. The maximum absolute atomic E-state index is 12.8. The van der Waals surface area contributed by atoms with Gasteiger partial charge in [-0.3, -0.25) is 9.59 Å². The summed E-state index contributed by atoms with van der Waals surface area (Å²) in [4.78, 5) is 24.8. The molecule has 0 atom stereocenters. The van der Waals surface area contributed by atoms with Crippen LogP contribution in [0.3, 0.4) is 0 Å². The Labute approximate surface area is 203 Å². The first-order valence-corrected chi connectivity index (χ1v) is 11.1. The molecule has 9 nitrogen and oxygen atoms in total. The Kier molecular flexibility index (Phi) is 5.19. The van der Waals surface area contributed by atoms with E-state index in [0.717, 1.165) is 16.7 Å². The maximum Gasteiger partial charge on any atom is 0.292 e. The van der Waals surface area contributed by atoms with E-state index in [1.54, 1.807) is 35.1 Å². The number of aromatic nitrogens is 4. The Hall–Kier alpha value is -5.31. The second kappa shape index (κ2) is 8.80. The number of aromatic amines is 1. The van der Waals surface area contributed by atoms with E-state index in [-0.39, 0.29) is 11.3 Å². The van der Waals surface area contributed by atoms with Crippen molar-refractivity contribution in [3.8, 4) is 17.1 Å². The lowest BCUT2D eigenvalue weighted by Crippen LogP contribution is -2.22. The second-order valence-corrected chi connectivity index (χ2v) is 8.01. The van der Waals surface area contributed by atoms with Crippen LogP contribution in [-0.2, 0) is 0 Å². The molecule has 6 rings (SSSR count). The summed E-state index contributed by atoms with van der Waals surface area (Å²) in [6, 6.07) is 26.0. The van der Waals surface area contributed by atoms with Crippen molar-refractivity contribution >= 4 is 33.9 Å². The standard InChI is InChI=1S/C27H18N6O3/c34-26-21-12-6-5-11-20(21)25(29-31-26)27(35)30-28-15-18-16-33(19-9-2-1-3-10-19)32-24(18)23-14-17-8-4-7-13-22(17)36-23/h1-16H,(H,30,35)(H,31,34)/b28-15+. The predicted octanol–water partition coefficient (Wildman–Crippen LogP) is 4.29. The third-order valence-corrected chi connectivity index (χ3v) is 5.70. The Morgan fingerprint density at radius 2 is 1.72 bits per heavy atom. The molecule has 174 valence electrons. The summed E-state index contributed by atoms with van der Waals surface area (Å²) >= 11 is 0. The van der Waals surface area contributed by atoms with E-state index in [2.05, 4.69) is 20.7 Å². The number of hydrogen-bond donors (Lipinski definition) is 2. The molecule has 0 radical (unpaired) electrons. The van der Waals surface area contributed by atoms with E-state index in [1.165, 1.54) is 6.21 Å². The first-order valence-electron chi connectivity index (χ1n) is 11.1. The van der Waals surface area contributed by atoms with E-state index >= 15 is 0 Å². The SMILES string of the molecule is O=C(N/N=C/c1cn(-c2ccccc2)nc1-c1cc2ccccc2o1)c1n[nH]c(=O)c2ccccc12. The van der Waals surface area contributed by atoms with E-state index in [1.807, 2.05) is 60.7 Å². The number of hydrogen-bond acceptors (Lipinski definition) is 6. The summed E-state index contributed by atoms with van der Waals surface area (Å²) < 4.78 is 7.76. The molecular weight excluding hydrogens is 456 g/mol. The van der Waals surface area contributed by atoms with Gasteiger partial charge < -0.3 is 4.42 Å². The Morgan fingerprint density at radius 1 is 0.972 bits per heavy atom. The topological polar surface area (TPSA) is 118 Å². The number of nitrogens with one attached hydrogen (secondary N) is 2. The first kappa shape index (κ1) is 21.2. The van der Waals surface area contributed by atoms with Gasteiger partial charge in [-0.25, -0.2) is 15.2 Å². The highest BCUT2D eigenvalue weighted by Crippen LogP contribution is 2.29. The smallest absolute Gasteiger partial charge is 0.292 e. The van der Waals surface area contributed by atoms with Gasteiger partial charge in [0.25, 0.3) is 11.5 Å². The van der Waals surface area contributed by atoms with E-state index in [9.17, 15) is 9.59 Å². The van der Waals surface area contributed by atoms with Gasteiger partial charge in [0, 0.05) is 22.5 Å². The van der Waals surface area contributed by atoms with Gasteiger partial charge in [-0.2, -0.15) is 15.3 Å². The first-order chi connectivity index (χ1) is 17.7.